The number of piperazine rings is 1. The molecule has 12 nitrogen and oxygen atoms in total. The van der Waals surface area contributed by atoms with Gasteiger partial charge in [-0.25, -0.2) is 14.4 Å². The first-order valence-corrected chi connectivity index (χ1v) is 16.9. The Labute approximate surface area is 295 Å². The monoisotopic (exact) mass is 700 g/mol. The van der Waals surface area contributed by atoms with E-state index < -0.39 is 18.0 Å². The van der Waals surface area contributed by atoms with E-state index in [0.717, 1.165) is 63.5 Å². The number of aryl methyl sites for hydroxylation is 2. The van der Waals surface area contributed by atoms with Gasteiger partial charge in [0.05, 0.1) is 37.7 Å². The van der Waals surface area contributed by atoms with Crippen LogP contribution in [0.2, 0.25) is 0 Å². The van der Waals surface area contributed by atoms with Gasteiger partial charge in [-0.2, -0.15) is 13.5 Å². The second-order valence-corrected chi connectivity index (χ2v) is 13.3. The summed E-state index contributed by atoms with van der Waals surface area (Å²) in [5.74, 6) is 0.232. The fraction of sp³-hybridized carbons (Fsp3) is 0.389. The van der Waals surface area contributed by atoms with Crippen LogP contribution in [-0.2, 0) is 31.2 Å². The van der Waals surface area contributed by atoms with Crippen molar-refractivity contribution in [1.82, 2.24) is 28.4 Å². The molecule has 0 amide bonds. The molecule has 0 radical (unpaired) electrons. The van der Waals surface area contributed by atoms with Crippen molar-refractivity contribution in [1.29, 1.82) is 0 Å². The summed E-state index contributed by atoms with van der Waals surface area (Å²) in [6, 6.07) is 8.16. The van der Waals surface area contributed by atoms with E-state index in [2.05, 4.69) is 32.0 Å². The number of fused-ring (bicyclic) bond motifs is 3. The maximum atomic E-state index is 15.5. The Balaban J connectivity index is 0.00000392. The minimum Gasteiger partial charge on any atom is -0.392 e. The second-order valence-electron chi connectivity index (χ2n) is 13.3. The zero-order chi connectivity index (χ0) is 33.8. The summed E-state index contributed by atoms with van der Waals surface area (Å²) in [5.41, 5.74) is 3.52. The van der Waals surface area contributed by atoms with Crippen LogP contribution in [0, 0.1) is 5.82 Å². The predicted molar refractivity (Wildman–Crippen MR) is 195 cm³/mol. The van der Waals surface area contributed by atoms with Gasteiger partial charge in [0, 0.05) is 79.9 Å². The van der Waals surface area contributed by atoms with Crippen molar-refractivity contribution < 1.29 is 14.2 Å². The van der Waals surface area contributed by atoms with Crippen LogP contribution in [-0.4, -0.2) is 78.4 Å². The lowest BCUT2D eigenvalue weighted by molar-refractivity contribution is -0.0691. The quantitative estimate of drug-likeness (QED) is 0.263. The molecular weight excluding hydrogens is 660 g/mol. The van der Waals surface area contributed by atoms with Gasteiger partial charge in [-0.05, 0) is 62.4 Å². The number of nitrogens with one attached hydrogen (secondary N) is 1. The van der Waals surface area contributed by atoms with Crippen molar-refractivity contribution in [3.63, 3.8) is 0 Å². The van der Waals surface area contributed by atoms with Crippen LogP contribution < -0.4 is 21.3 Å². The van der Waals surface area contributed by atoms with E-state index >= 15 is 4.39 Å². The minimum atomic E-state index is -0.546. The zero-order valence-electron chi connectivity index (χ0n) is 28.1. The molecule has 1 atom stereocenters. The van der Waals surface area contributed by atoms with Gasteiger partial charge >= 0.3 is 0 Å². The van der Waals surface area contributed by atoms with Crippen molar-refractivity contribution >= 4 is 36.2 Å². The predicted octanol–water partition coefficient (Wildman–Crippen LogP) is 3.52. The van der Waals surface area contributed by atoms with Gasteiger partial charge in [0.15, 0.2) is 5.82 Å². The van der Waals surface area contributed by atoms with Crippen molar-refractivity contribution in [3.8, 4) is 16.9 Å². The topological polar surface area (TPSA) is 122 Å². The highest BCUT2D eigenvalue weighted by molar-refractivity contribution is 7.59. The summed E-state index contributed by atoms with van der Waals surface area (Å²) in [4.78, 5) is 40.9. The third kappa shape index (κ3) is 5.79. The van der Waals surface area contributed by atoms with E-state index in [0.29, 0.717) is 52.3 Å². The van der Waals surface area contributed by atoms with Crippen LogP contribution in [0.5, 0.6) is 0 Å². The van der Waals surface area contributed by atoms with Crippen molar-refractivity contribution in [2.45, 2.75) is 51.3 Å². The molecule has 2 aliphatic heterocycles. The molecule has 0 saturated carbocycles. The Morgan fingerprint density at radius 2 is 1.88 bits per heavy atom. The molecule has 5 aromatic rings. The van der Waals surface area contributed by atoms with Crippen LogP contribution in [0.3, 0.4) is 0 Å². The summed E-state index contributed by atoms with van der Waals surface area (Å²) in [5, 5.41) is 13.8. The number of rotatable bonds is 7. The van der Waals surface area contributed by atoms with Gasteiger partial charge in [0.2, 0.25) is 0 Å². The first-order chi connectivity index (χ1) is 23.8. The molecule has 3 aliphatic rings. The number of ether oxygens (including phenoxy) is 1. The molecule has 14 heteroatoms. The number of aliphatic hydroxyl groups is 1. The maximum Gasteiger partial charge on any atom is 0.283 e. The molecular formula is C36H41FN8O4S. The number of pyridine rings is 3. The van der Waals surface area contributed by atoms with E-state index in [4.69, 9.17) is 4.74 Å². The fourth-order valence-corrected chi connectivity index (χ4v) is 7.59. The second kappa shape index (κ2) is 13.7. The van der Waals surface area contributed by atoms with Crippen molar-refractivity contribution in [2.75, 3.05) is 43.1 Å². The Morgan fingerprint density at radius 3 is 2.60 bits per heavy atom. The molecule has 0 aromatic carbocycles. The average molecular weight is 701 g/mol. The first kappa shape index (κ1) is 34.0. The molecule has 262 valence electrons. The van der Waals surface area contributed by atoms with Crippen molar-refractivity contribution in [3.05, 3.63) is 98.6 Å². The van der Waals surface area contributed by atoms with Gasteiger partial charge in [-0.1, -0.05) is 0 Å². The number of hydrogen-bond donors (Lipinski definition) is 2. The largest absolute Gasteiger partial charge is 0.392 e. The SMILES string of the molecule is C[C@H]1CN(C2COC2)CCN1c1ccc(Nc2cc(-c3ccnc(-n4ccn5c6c(c(F)c5c4=O)CCCC6)c3CO)cn(C)c2=O)nc1.S. The van der Waals surface area contributed by atoms with E-state index in [1.807, 2.05) is 18.3 Å². The molecule has 1 aliphatic carbocycles. The van der Waals surface area contributed by atoms with E-state index in [1.54, 1.807) is 48.4 Å². The van der Waals surface area contributed by atoms with Crippen LogP contribution >= 0.6 is 13.5 Å². The Bertz CT molecular complexity index is 2180. The molecule has 2 N–H and O–H groups in total. The van der Waals surface area contributed by atoms with Crippen LogP contribution in [0.25, 0.3) is 22.5 Å². The van der Waals surface area contributed by atoms with Gasteiger partial charge in [0.25, 0.3) is 11.1 Å². The van der Waals surface area contributed by atoms with Crippen molar-refractivity contribution in [2.24, 2.45) is 7.05 Å². The zero-order valence-corrected chi connectivity index (χ0v) is 29.1. The number of halogens is 1. The van der Waals surface area contributed by atoms with E-state index in [-0.39, 0.29) is 30.4 Å². The molecule has 0 unspecified atom stereocenters. The summed E-state index contributed by atoms with van der Waals surface area (Å²) in [6.45, 7) is 6.25. The maximum absolute atomic E-state index is 15.5. The van der Waals surface area contributed by atoms with Crippen LogP contribution in [0.4, 0.5) is 21.6 Å². The molecule has 5 aromatic heterocycles. The summed E-state index contributed by atoms with van der Waals surface area (Å²) < 4.78 is 25.3. The highest BCUT2D eigenvalue weighted by Crippen LogP contribution is 2.31. The number of aliphatic hydroxyl groups excluding tert-OH is 1. The first-order valence-electron chi connectivity index (χ1n) is 16.9. The lowest BCUT2D eigenvalue weighted by Crippen LogP contribution is -2.59. The Hall–Kier alpha value is -4.50. The molecule has 2 saturated heterocycles. The molecule has 50 heavy (non-hydrogen) atoms. The number of hydrogen-bond acceptors (Lipinski definition) is 9. The molecule has 2 fully saturated rings. The molecule has 7 heterocycles. The van der Waals surface area contributed by atoms with E-state index in [9.17, 15) is 14.7 Å². The third-order valence-electron chi connectivity index (χ3n) is 10.3. The number of nitrogens with zero attached hydrogens (tertiary/aromatic N) is 7. The standard InChI is InChI=1S/C36H39FN8O4.H2S/c1-22-17-42(25-20-49-21-25)11-12-43(22)24-7-8-31(39-16-24)40-29-15-23(18-41(2)35(29)47)26-9-10-38-34(28(26)19-46)45-14-13-44-30-6-4-3-5-27(30)32(37)33(44)36(45)48;/h7-10,13-16,18,22,25,46H,3-6,11-12,17,19-21H2,1-2H3,(H,39,40);1H2/t22-;/m0./s1. The number of anilines is 3. The van der Waals surface area contributed by atoms with Gasteiger partial charge in [-0.3, -0.25) is 19.1 Å². The number of aromatic nitrogens is 5. The summed E-state index contributed by atoms with van der Waals surface area (Å²) in [7, 11) is 1.65. The third-order valence-corrected chi connectivity index (χ3v) is 10.3. The Morgan fingerprint density at radius 1 is 1.06 bits per heavy atom. The smallest absolute Gasteiger partial charge is 0.283 e. The fourth-order valence-electron chi connectivity index (χ4n) is 7.59. The van der Waals surface area contributed by atoms with Gasteiger partial charge < -0.3 is 29.0 Å². The minimum absolute atomic E-state index is 0. The molecule has 0 spiro atoms. The Kier molecular flexibility index (Phi) is 9.28. The van der Waals surface area contributed by atoms with Crippen LogP contribution in [0.15, 0.2) is 64.8 Å². The normalized spacial score (nSPS) is 18.1. The van der Waals surface area contributed by atoms with Crippen LogP contribution in [0.1, 0.15) is 36.6 Å². The average Bonchev–Trinajstić information content (AvgIpc) is 3.38. The summed E-state index contributed by atoms with van der Waals surface area (Å²) in [6.07, 6.45) is 11.5. The van der Waals surface area contributed by atoms with Gasteiger partial charge in [-0.15, -0.1) is 0 Å². The molecule has 8 rings (SSSR count). The van der Waals surface area contributed by atoms with E-state index in [1.165, 1.54) is 9.13 Å². The lowest BCUT2D eigenvalue weighted by Gasteiger charge is -2.46. The highest BCUT2D eigenvalue weighted by Gasteiger charge is 2.32. The lowest BCUT2D eigenvalue weighted by atomic mass is 9.98. The van der Waals surface area contributed by atoms with Gasteiger partial charge in [0.1, 0.15) is 22.8 Å². The molecule has 0 bridgehead atoms. The summed E-state index contributed by atoms with van der Waals surface area (Å²) >= 11 is 0. The highest BCUT2D eigenvalue weighted by atomic mass is 32.1.